The summed E-state index contributed by atoms with van der Waals surface area (Å²) in [7, 11) is 0. The number of rotatable bonds is 2. The van der Waals surface area contributed by atoms with Gasteiger partial charge in [0.1, 0.15) is 0 Å². The van der Waals surface area contributed by atoms with Gasteiger partial charge in [-0.15, -0.1) is 0 Å². The number of hydrogen-bond donors (Lipinski definition) is 1. The molecule has 4 nitrogen and oxygen atoms in total. The van der Waals surface area contributed by atoms with Gasteiger partial charge in [-0.2, -0.15) is 0 Å². The van der Waals surface area contributed by atoms with Gasteiger partial charge in [-0.3, -0.25) is 9.59 Å². The van der Waals surface area contributed by atoms with E-state index in [1.807, 2.05) is 13.0 Å². The van der Waals surface area contributed by atoms with Crippen LogP contribution in [0.3, 0.4) is 0 Å². The van der Waals surface area contributed by atoms with Gasteiger partial charge in [-0.25, -0.2) is 4.90 Å². The summed E-state index contributed by atoms with van der Waals surface area (Å²) in [5.74, 6) is -0.570. The monoisotopic (exact) mass is 266 g/mol. The third-order valence-corrected chi connectivity index (χ3v) is 3.45. The fourth-order valence-corrected chi connectivity index (χ4v) is 2.37. The van der Waals surface area contributed by atoms with Crippen molar-refractivity contribution in [3.05, 3.63) is 65.2 Å². The van der Waals surface area contributed by atoms with Crippen molar-refractivity contribution < 1.29 is 9.59 Å². The van der Waals surface area contributed by atoms with Crippen molar-refractivity contribution in [2.75, 3.05) is 4.90 Å². The zero-order valence-corrected chi connectivity index (χ0v) is 11.0. The second-order valence-electron chi connectivity index (χ2n) is 4.87. The van der Waals surface area contributed by atoms with Gasteiger partial charge in [0.15, 0.2) is 0 Å². The lowest BCUT2D eigenvalue weighted by atomic mass is 10.1. The maximum Gasteiger partial charge on any atom is 0.266 e. The van der Waals surface area contributed by atoms with Crippen LogP contribution in [0.25, 0.3) is 0 Å². The Morgan fingerprint density at radius 3 is 2.10 bits per heavy atom. The van der Waals surface area contributed by atoms with Gasteiger partial charge in [-0.1, -0.05) is 24.3 Å². The second kappa shape index (κ2) is 4.58. The van der Waals surface area contributed by atoms with E-state index >= 15 is 0 Å². The summed E-state index contributed by atoms with van der Waals surface area (Å²) >= 11 is 0. The molecule has 3 rings (SSSR count). The van der Waals surface area contributed by atoms with Crippen molar-refractivity contribution in [2.24, 2.45) is 5.73 Å². The Hall–Kier alpha value is -2.46. The molecule has 20 heavy (non-hydrogen) atoms. The summed E-state index contributed by atoms with van der Waals surface area (Å²) in [5.41, 5.74) is 8.19. The SMILES string of the molecule is CC(N)c1cccc(N2C(=O)c3ccccc3C2=O)c1. The third kappa shape index (κ3) is 1.82. The summed E-state index contributed by atoms with van der Waals surface area (Å²) in [5, 5.41) is 0. The topological polar surface area (TPSA) is 63.4 Å². The van der Waals surface area contributed by atoms with Gasteiger partial charge in [0, 0.05) is 6.04 Å². The maximum atomic E-state index is 12.4. The Morgan fingerprint density at radius 1 is 0.950 bits per heavy atom. The van der Waals surface area contributed by atoms with Crippen LogP contribution in [0.5, 0.6) is 0 Å². The predicted molar refractivity (Wildman–Crippen MR) is 76.6 cm³/mol. The van der Waals surface area contributed by atoms with E-state index in [1.165, 1.54) is 4.90 Å². The Labute approximate surface area is 116 Å². The number of amides is 2. The first kappa shape index (κ1) is 12.6. The van der Waals surface area contributed by atoms with E-state index in [2.05, 4.69) is 0 Å². The van der Waals surface area contributed by atoms with Crippen LogP contribution >= 0.6 is 0 Å². The molecule has 2 N–H and O–H groups in total. The van der Waals surface area contributed by atoms with E-state index in [1.54, 1.807) is 42.5 Å². The van der Waals surface area contributed by atoms with Gasteiger partial charge in [-0.05, 0) is 36.8 Å². The summed E-state index contributed by atoms with van der Waals surface area (Å²) in [6, 6.07) is 13.9. The van der Waals surface area contributed by atoms with Crippen LogP contribution in [0.2, 0.25) is 0 Å². The average Bonchev–Trinajstić information content (AvgIpc) is 2.72. The number of carbonyl (C=O) groups is 2. The number of carbonyl (C=O) groups excluding carboxylic acids is 2. The van der Waals surface area contributed by atoms with Crippen molar-refractivity contribution in [1.29, 1.82) is 0 Å². The summed E-state index contributed by atoms with van der Waals surface area (Å²) in [6.45, 7) is 1.86. The van der Waals surface area contributed by atoms with E-state index in [9.17, 15) is 9.59 Å². The van der Waals surface area contributed by atoms with Crippen molar-refractivity contribution in [2.45, 2.75) is 13.0 Å². The molecule has 0 saturated heterocycles. The number of benzene rings is 2. The molecule has 1 aliphatic rings. The second-order valence-corrected chi connectivity index (χ2v) is 4.87. The van der Waals surface area contributed by atoms with Crippen molar-refractivity contribution in [3.63, 3.8) is 0 Å². The molecule has 100 valence electrons. The lowest BCUT2D eigenvalue weighted by Crippen LogP contribution is -2.29. The number of imide groups is 1. The van der Waals surface area contributed by atoms with E-state index in [0.717, 1.165) is 5.56 Å². The minimum Gasteiger partial charge on any atom is -0.324 e. The molecule has 0 aromatic heterocycles. The third-order valence-electron chi connectivity index (χ3n) is 3.45. The number of fused-ring (bicyclic) bond motifs is 1. The van der Waals surface area contributed by atoms with Crippen LogP contribution in [-0.2, 0) is 0 Å². The summed E-state index contributed by atoms with van der Waals surface area (Å²) < 4.78 is 0. The van der Waals surface area contributed by atoms with Gasteiger partial charge in [0.2, 0.25) is 0 Å². The molecule has 0 aliphatic carbocycles. The standard InChI is InChI=1S/C16H14N2O2/c1-10(17)11-5-4-6-12(9-11)18-15(19)13-7-2-3-8-14(13)16(18)20/h2-10H,17H2,1H3. The number of nitrogens with two attached hydrogens (primary N) is 1. The van der Waals surface area contributed by atoms with Crippen LogP contribution in [0, 0.1) is 0 Å². The molecule has 1 heterocycles. The van der Waals surface area contributed by atoms with Crippen LogP contribution in [0.1, 0.15) is 39.2 Å². The van der Waals surface area contributed by atoms with E-state index in [0.29, 0.717) is 16.8 Å². The highest BCUT2D eigenvalue weighted by Crippen LogP contribution is 2.29. The highest BCUT2D eigenvalue weighted by Gasteiger charge is 2.36. The Balaban J connectivity index is 2.07. The molecule has 1 aliphatic heterocycles. The number of anilines is 1. The van der Waals surface area contributed by atoms with E-state index in [-0.39, 0.29) is 17.9 Å². The first-order valence-electron chi connectivity index (χ1n) is 6.43. The Morgan fingerprint density at radius 2 is 1.55 bits per heavy atom. The van der Waals surface area contributed by atoms with E-state index in [4.69, 9.17) is 5.73 Å². The zero-order chi connectivity index (χ0) is 14.3. The highest BCUT2D eigenvalue weighted by atomic mass is 16.2. The van der Waals surface area contributed by atoms with Gasteiger partial charge < -0.3 is 5.73 Å². The van der Waals surface area contributed by atoms with Crippen LogP contribution < -0.4 is 10.6 Å². The summed E-state index contributed by atoms with van der Waals surface area (Å²) in [4.78, 5) is 25.9. The molecule has 0 spiro atoms. The first-order valence-corrected chi connectivity index (χ1v) is 6.43. The molecule has 1 unspecified atom stereocenters. The number of hydrogen-bond acceptors (Lipinski definition) is 3. The molecule has 0 radical (unpaired) electrons. The summed E-state index contributed by atoms with van der Waals surface area (Å²) in [6.07, 6.45) is 0. The fourth-order valence-electron chi connectivity index (χ4n) is 2.37. The highest BCUT2D eigenvalue weighted by molar-refractivity contribution is 6.34. The predicted octanol–water partition coefficient (Wildman–Crippen LogP) is 2.51. The van der Waals surface area contributed by atoms with Crippen molar-refractivity contribution in [1.82, 2.24) is 0 Å². The van der Waals surface area contributed by atoms with Gasteiger partial charge >= 0.3 is 0 Å². The number of nitrogens with zero attached hydrogens (tertiary/aromatic N) is 1. The Bertz CT molecular complexity index is 672. The average molecular weight is 266 g/mol. The van der Waals surface area contributed by atoms with Crippen LogP contribution in [0.4, 0.5) is 5.69 Å². The minimum absolute atomic E-state index is 0.148. The van der Waals surface area contributed by atoms with Gasteiger partial charge in [0.05, 0.1) is 16.8 Å². The van der Waals surface area contributed by atoms with Crippen molar-refractivity contribution in [3.8, 4) is 0 Å². The first-order chi connectivity index (χ1) is 9.59. The molecular formula is C16H14N2O2. The lowest BCUT2D eigenvalue weighted by molar-refractivity contribution is 0.0926. The molecule has 0 fully saturated rings. The normalized spacial score (nSPS) is 15.4. The Kier molecular flexibility index (Phi) is 2.88. The van der Waals surface area contributed by atoms with Crippen LogP contribution in [0.15, 0.2) is 48.5 Å². The minimum atomic E-state index is -0.285. The largest absolute Gasteiger partial charge is 0.324 e. The molecule has 1 atom stereocenters. The molecule has 2 aromatic carbocycles. The fraction of sp³-hybridized carbons (Fsp3) is 0.125. The molecule has 4 heteroatoms. The molecule has 2 amide bonds. The quantitative estimate of drug-likeness (QED) is 0.849. The lowest BCUT2D eigenvalue weighted by Gasteiger charge is -2.16. The molecule has 2 aromatic rings. The molecular weight excluding hydrogens is 252 g/mol. The van der Waals surface area contributed by atoms with E-state index < -0.39 is 0 Å². The van der Waals surface area contributed by atoms with Crippen LogP contribution in [-0.4, -0.2) is 11.8 Å². The molecule has 0 saturated carbocycles. The maximum absolute atomic E-state index is 12.4. The van der Waals surface area contributed by atoms with Gasteiger partial charge in [0.25, 0.3) is 11.8 Å². The molecule has 0 bridgehead atoms. The zero-order valence-electron chi connectivity index (χ0n) is 11.0. The smallest absolute Gasteiger partial charge is 0.266 e. The van der Waals surface area contributed by atoms with Crippen molar-refractivity contribution >= 4 is 17.5 Å².